The topological polar surface area (TPSA) is 37.4 Å². The Morgan fingerprint density at radius 1 is 1.30 bits per heavy atom. The molecule has 2 unspecified atom stereocenters. The Morgan fingerprint density at radius 3 is 3.00 bits per heavy atom. The van der Waals surface area contributed by atoms with E-state index in [2.05, 4.69) is 35.3 Å². The molecule has 2 aliphatic heterocycles. The molecule has 33 heavy (non-hydrogen) atoms. The van der Waals surface area contributed by atoms with Crippen molar-refractivity contribution >= 4 is 5.82 Å². The van der Waals surface area contributed by atoms with Crippen molar-refractivity contribution in [2.75, 3.05) is 31.6 Å². The van der Waals surface area contributed by atoms with Gasteiger partial charge in [-0.3, -0.25) is 4.90 Å². The van der Waals surface area contributed by atoms with Crippen LogP contribution in [0.1, 0.15) is 67.5 Å². The molecule has 7 heteroatoms. The average Bonchev–Trinajstić information content (AvgIpc) is 3.26. The van der Waals surface area contributed by atoms with Crippen LogP contribution in [0.5, 0.6) is 0 Å². The fraction of sp³-hybridized carbons (Fsp3) is 0.577. The van der Waals surface area contributed by atoms with Gasteiger partial charge in [-0.15, -0.1) is 22.8 Å². The van der Waals surface area contributed by atoms with Crippen molar-refractivity contribution in [1.82, 2.24) is 9.88 Å². The number of nitrogens with zero attached hydrogens (tertiary/aromatic N) is 2. The number of ether oxygens (including phenoxy) is 1. The Bertz CT molecular complexity index is 885. The summed E-state index contributed by atoms with van der Waals surface area (Å²) in [6.45, 7) is 7.71. The minimum Gasteiger partial charge on any atom is -0.422 e. The van der Waals surface area contributed by atoms with Crippen molar-refractivity contribution in [3.05, 3.63) is 58.5 Å². The Morgan fingerprint density at radius 2 is 2.15 bits per heavy atom. The molecule has 0 saturated carbocycles. The molecule has 2 atom stereocenters. The van der Waals surface area contributed by atoms with Crippen LogP contribution in [0.3, 0.4) is 0 Å². The quantitative estimate of drug-likeness (QED) is 0.323. The third kappa shape index (κ3) is 8.25. The van der Waals surface area contributed by atoms with Crippen LogP contribution >= 0.6 is 0 Å². The maximum atomic E-state index is 13.9. The molecule has 0 amide bonds. The number of hydrogen-bond acceptors (Lipinski definition) is 4. The Hall–Kier alpha value is 0.488. The number of nitrogens with one attached hydrogen (secondary N) is 1. The number of likely N-dealkylation sites (tertiary alicyclic amines) is 1. The number of pyridine rings is 1. The second-order valence-corrected chi connectivity index (χ2v) is 8.88. The van der Waals surface area contributed by atoms with Gasteiger partial charge in [-0.1, -0.05) is 31.9 Å². The summed E-state index contributed by atoms with van der Waals surface area (Å²) >= 11 is 0. The van der Waals surface area contributed by atoms with Crippen LogP contribution in [0.25, 0.3) is 0 Å². The molecule has 1 aromatic heterocycles. The maximum absolute atomic E-state index is 13.9. The fourth-order valence-electron chi connectivity index (χ4n) is 4.68. The average molecular weight is 695 g/mol. The van der Waals surface area contributed by atoms with Crippen LogP contribution in [-0.2, 0) is 38.0 Å². The number of anilines is 1. The third-order valence-corrected chi connectivity index (χ3v) is 6.65. The summed E-state index contributed by atoms with van der Waals surface area (Å²) in [6, 6.07) is 12.0. The maximum Gasteiger partial charge on any atom is 1.00 e. The van der Waals surface area contributed by atoms with E-state index in [9.17, 15) is 4.39 Å². The number of rotatable bonds is 9. The van der Waals surface area contributed by atoms with Crippen LogP contribution < -0.4 is 63.5 Å². The number of hydrogen-bond donors (Lipinski definition) is 1. The fourth-order valence-corrected chi connectivity index (χ4v) is 4.68. The molecular weight excluding hydrogens is 661 g/mol. The molecule has 1 radical (unpaired) electrons. The molecule has 2 aliphatic rings. The normalized spacial score (nSPS) is 18.6. The zero-order valence-electron chi connectivity index (χ0n) is 20.2. The van der Waals surface area contributed by atoms with E-state index in [0.29, 0.717) is 5.56 Å². The van der Waals surface area contributed by atoms with Crippen LogP contribution in [0.2, 0.25) is 0 Å². The molecule has 1 aromatic carbocycles. The number of benzene rings is 1. The van der Waals surface area contributed by atoms with Crippen LogP contribution in [-0.4, -0.2) is 42.2 Å². The van der Waals surface area contributed by atoms with Crippen LogP contribution in [0.15, 0.2) is 18.2 Å². The molecule has 175 valence electrons. The molecule has 1 N–H and O–H groups in total. The van der Waals surface area contributed by atoms with E-state index in [-0.39, 0.29) is 96.6 Å². The SMILES string of the molecule is Cc1c(C(C)N2CCC(OCCCCCc3c[c-]c4c(n3)NCCC4)C2)[c-]ccc1F.[Rb+].[Re]. The van der Waals surface area contributed by atoms with E-state index in [1.165, 1.54) is 18.1 Å². The Balaban J connectivity index is 0.00000193. The van der Waals surface area contributed by atoms with Gasteiger partial charge >= 0.3 is 58.2 Å². The molecule has 2 aromatic rings. The largest absolute Gasteiger partial charge is 1.00 e. The van der Waals surface area contributed by atoms with E-state index in [0.717, 1.165) is 81.8 Å². The summed E-state index contributed by atoms with van der Waals surface area (Å²) in [7, 11) is 0. The van der Waals surface area contributed by atoms with Gasteiger partial charge in [0.1, 0.15) is 0 Å². The number of fused-ring (bicyclic) bond motifs is 1. The van der Waals surface area contributed by atoms with Crippen molar-refractivity contribution < 1.29 is 87.7 Å². The minimum atomic E-state index is -0.146. The first-order valence-electron chi connectivity index (χ1n) is 11.8. The second-order valence-electron chi connectivity index (χ2n) is 8.88. The van der Waals surface area contributed by atoms with Gasteiger partial charge < -0.3 is 15.0 Å². The molecule has 3 heterocycles. The number of unbranched alkanes of at least 4 members (excludes halogenated alkanes) is 2. The summed E-state index contributed by atoms with van der Waals surface area (Å²) in [4.78, 5) is 7.13. The number of aromatic nitrogens is 1. The number of aryl methyl sites for hydroxylation is 2. The minimum absolute atomic E-state index is 0. The summed E-state index contributed by atoms with van der Waals surface area (Å²) in [5, 5.41) is 3.39. The summed E-state index contributed by atoms with van der Waals surface area (Å²) in [6.07, 6.45) is 7.94. The summed E-state index contributed by atoms with van der Waals surface area (Å²) in [5.41, 5.74) is 4.04. The molecule has 1 fully saturated rings. The second kappa shape index (κ2) is 14.9. The molecule has 4 rings (SSSR count). The van der Waals surface area contributed by atoms with Crippen LogP contribution in [0.4, 0.5) is 10.2 Å². The van der Waals surface area contributed by atoms with E-state index in [1.807, 2.05) is 6.92 Å². The molecule has 0 aliphatic carbocycles. The van der Waals surface area contributed by atoms with Gasteiger partial charge in [-0.25, -0.2) is 4.39 Å². The van der Waals surface area contributed by atoms with Gasteiger partial charge in [-0.2, -0.15) is 24.3 Å². The standard InChI is InChI=1S/C26H34FN3O.Rb.Re/c1-19-24(10-6-11-25(19)27)20(2)30-16-14-23(18-30)31-17-5-3-4-9-22-13-12-21-8-7-15-28-26(21)29-22;;/h6,11,13,20,23H,3-5,7-9,14-18H2,1-2H3,(H,28,29);;/q-2;+1;. The van der Waals surface area contributed by atoms with Crippen molar-refractivity contribution in [2.45, 2.75) is 70.9 Å². The van der Waals surface area contributed by atoms with Gasteiger partial charge in [-0.05, 0) is 32.6 Å². The molecular formula is C26H34FN3ORbRe-. The third-order valence-electron chi connectivity index (χ3n) is 6.65. The van der Waals surface area contributed by atoms with Gasteiger partial charge in [0.2, 0.25) is 0 Å². The van der Waals surface area contributed by atoms with Gasteiger partial charge in [0.15, 0.2) is 0 Å². The van der Waals surface area contributed by atoms with Gasteiger partial charge in [0, 0.05) is 64.3 Å². The zero-order valence-corrected chi connectivity index (χ0v) is 27.9. The van der Waals surface area contributed by atoms with E-state index >= 15 is 0 Å². The summed E-state index contributed by atoms with van der Waals surface area (Å²) < 4.78 is 20.0. The van der Waals surface area contributed by atoms with Crippen molar-refractivity contribution in [2.24, 2.45) is 0 Å². The van der Waals surface area contributed by atoms with E-state index < -0.39 is 0 Å². The first kappa shape index (κ1) is 29.7. The van der Waals surface area contributed by atoms with E-state index in [1.54, 1.807) is 6.07 Å². The number of halogens is 1. The van der Waals surface area contributed by atoms with Crippen LogP contribution in [0, 0.1) is 24.9 Å². The predicted molar refractivity (Wildman–Crippen MR) is 122 cm³/mol. The molecule has 0 spiro atoms. The zero-order chi connectivity index (χ0) is 21.6. The molecule has 0 bridgehead atoms. The van der Waals surface area contributed by atoms with Crippen molar-refractivity contribution in [3.8, 4) is 0 Å². The molecule has 4 nitrogen and oxygen atoms in total. The first-order valence-corrected chi connectivity index (χ1v) is 11.8. The Kier molecular flexibility index (Phi) is 13.4. The van der Waals surface area contributed by atoms with Gasteiger partial charge in [0.05, 0.1) is 6.10 Å². The Labute approximate surface area is 261 Å². The monoisotopic (exact) mass is 695 g/mol. The summed E-state index contributed by atoms with van der Waals surface area (Å²) in [5.74, 6) is 0.894. The van der Waals surface area contributed by atoms with Gasteiger partial charge in [0.25, 0.3) is 0 Å². The first-order chi connectivity index (χ1) is 15.1. The smallest absolute Gasteiger partial charge is 0.422 e. The van der Waals surface area contributed by atoms with E-state index in [4.69, 9.17) is 9.72 Å². The predicted octanol–water partition coefficient (Wildman–Crippen LogP) is 2.05. The van der Waals surface area contributed by atoms with Crippen molar-refractivity contribution in [3.63, 3.8) is 0 Å². The van der Waals surface area contributed by atoms with Crippen molar-refractivity contribution in [1.29, 1.82) is 0 Å². The molecule has 1 saturated heterocycles.